The van der Waals surface area contributed by atoms with Crippen LogP contribution in [-0.4, -0.2) is 39.9 Å². The van der Waals surface area contributed by atoms with Crippen molar-refractivity contribution in [1.82, 2.24) is 10.2 Å². The van der Waals surface area contributed by atoms with E-state index < -0.39 is 18.1 Å². The quantitative estimate of drug-likeness (QED) is 0.792. The van der Waals surface area contributed by atoms with Crippen molar-refractivity contribution in [3.63, 3.8) is 0 Å². The second-order valence-electron chi connectivity index (χ2n) is 6.68. The highest BCUT2D eigenvalue weighted by molar-refractivity contribution is 5.90. The standard InChI is InChI=1S/C19H26N2O4/c1-13(20-17(22)16-10-6-7-11-16)18(23)21(14(2)19(24)25)12-15-8-4-3-5-9-15/h3-5,8-9,13-14,16H,6-7,10-12H2,1-2H3,(H,20,22)(H,24,25). The third kappa shape index (κ3) is 5.05. The van der Waals surface area contributed by atoms with Crippen LogP contribution in [0.25, 0.3) is 0 Å². The maximum Gasteiger partial charge on any atom is 0.326 e. The Bertz CT molecular complexity index is 611. The van der Waals surface area contributed by atoms with E-state index in [0.717, 1.165) is 31.2 Å². The van der Waals surface area contributed by atoms with Crippen LogP contribution in [0.5, 0.6) is 0 Å². The molecule has 136 valence electrons. The van der Waals surface area contributed by atoms with Crippen LogP contribution in [0.2, 0.25) is 0 Å². The molecule has 6 nitrogen and oxygen atoms in total. The molecule has 0 spiro atoms. The van der Waals surface area contributed by atoms with Crippen molar-refractivity contribution in [1.29, 1.82) is 0 Å². The van der Waals surface area contributed by atoms with Crippen molar-refractivity contribution in [3.05, 3.63) is 35.9 Å². The van der Waals surface area contributed by atoms with Gasteiger partial charge in [0.25, 0.3) is 0 Å². The van der Waals surface area contributed by atoms with E-state index in [4.69, 9.17) is 0 Å². The molecule has 2 rings (SSSR count). The molecule has 0 saturated heterocycles. The van der Waals surface area contributed by atoms with Crippen LogP contribution in [0, 0.1) is 5.92 Å². The highest BCUT2D eigenvalue weighted by Crippen LogP contribution is 2.24. The first-order valence-corrected chi connectivity index (χ1v) is 8.77. The number of carboxylic acid groups (broad SMARTS) is 1. The van der Waals surface area contributed by atoms with E-state index in [-0.39, 0.29) is 24.3 Å². The van der Waals surface area contributed by atoms with Gasteiger partial charge in [-0.15, -0.1) is 0 Å². The van der Waals surface area contributed by atoms with E-state index in [0.29, 0.717) is 0 Å². The number of hydrogen-bond donors (Lipinski definition) is 2. The number of carboxylic acids is 1. The third-order valence-electron chi connectivity index (χ3n) is 4.76. The molecule has 6 heteroatoms. The first kappa shape index (κ1) is 19.0. The molecule has 1 aromatic carbocycles. The van der Waals surface area contributed by atoms with Gasteiger partial charge in [-0.05, 0) is 32.3 Å². The summed E-state index contributed by atoms with van der Waals surface area (Å²) in [6, 6.07) is 7.51. The van der Waals surface area contributed by atoms with Gasteiger partial charge in [-0.3, -0.25) is 9.59 Å². The van der Waals surface area contributed by atoms with Gasteiger partial charge in [0, 0.05) is 12.5 Å². The number of benzene rings is 1. The molecule has 0 heterocycles. The number of amides is 2. The minimum absolute atomic E-state index is 0.0327. The van der Waals surface area contributed by atoms with Gasteiger partial charge in [0.15, 0.2) is 0 Å². The second-order valence-corrected chi connectivity index (χ2v) is 6.68. The number of carbonyl (C=O) groups excluding carboxylic acids is 2. The lowest BCUT2D eigenvalue weighted by atomic mass is 10.1. The molecule has 1 saturated carbocycles. The summed E-state index contributed by atoms with van der Waals surface area (Å²) in [5.74, 6) is -1.60. The topological polar surface area (TPSA) is 86.7 Å². The molecule has 0 aromatic heterocycles. The SMILES string of the molecule is CC(NC(=O)C1CCCC1)C(=O)N(Cc1ccccc1)C(C)C(=O)O. The molecule has 1 aliphatic rings. The zero-order chi connectivity index (χ0) is 18.4. The molecule has 2 N–H and O–H groups in total. The first-order chi connectivity index (χ1) is 11.9. The number of nitrogens with one attached hydrogen (secondary N) is 1. The summed E-state index contributed by atoms with van der Waals surface area (Å²) < 4.78 is 0. The fourth-order valence-corrected chi connectivity index (χ4v) is 3.15. The highest BCUT2D eigenvalue weighted by Gasteiger charge is 2.31. The lowest BCUT2D eigenvalue weighted by molar-refractivity contribution is -0.151. The molecule has 0 aliphatic heterocycles. The summed E-state index contributed by atoms with van der Waals surface area (Å²) in [4.78, 5) is 37.7. The highest BCUT2D eigenvalue weighted by atomic mass is 16.4. The van der Waals surface area contributed by atoms with E-state index in [1.807, 2.05) is 30.3 Å². The van der Waals surface area contributed by atoms with E-state index >= 15 is 0 Å². The summed E-state index contributed by atoms with van der Waals surface area (Å²) in [6.07, 6.45) is 3.78. The molecular weight excluding hydrogens is 320 g/mol. The maximum atomic E-state index is 12.8. The number of rotatable bonds is 7. The van der Waals surface area contributed by atoms with Gasteiger partial charge in [0.2, 0.25) is 11.8 Å². The van der Waals surface area contributed by atoms with Gasteiger partial charge >= 0.3 is 5.97 Å². The fourth-order valence-electron chi connectivity index (χ4n) is 3.15. The number of nitrogens with zero attached hydrogens (tertiary/aromatic N) is 1. The van der Waals surface area contributed by atoms with Crippen molar-refractivity contribution in [2.75, 3.05) is 0 Å². The molecule has 1 fully saturated rings. The van der Waals surface area contributed by atoms with Gasteiger partial charge in [0.1, 0.15) is 12.1 Å². The minimum atomic E-state index is -1.07. The van der Waals surface area contributed by atoms with Crippen LogP contribution >= 0.6 is 0 Å². The molecule has 1 aliphatic carbocycles. The number of carbonyl (C=O) groups is 3. The number of aliphatic carboxylic acids is 1. The Kier molecular flexibility index (Phi) is 6.56. The number of hydrogen-bond acceptors (Lipinski definition) is 3. The summed E-state index contributed by atoms with van der Waals surface area (Å²) in [5, 5.41) is 12.1. The Morgan fingerprint density at radius 2 is 1.76 bits per heavy atom. The van der Waals surface area contributed by atoms with E-state index in [1.165, 1.54) is 11.8 Å². The summed E-state index contributed by atoms with van der Waals surface area (Å²) >= 11 is 0. The smallest absolute Gasteiger partial charge is 0.326 e. The van der Waals surface area contributed by atoms with Gasteiger partial charge in [-0.2, -0.15) is 0 Å². The monoisotopic (exact) mass is 346 g/mol. The molecule has 2 unspecified atom stereocenters. The first-order valence-electron chi connectivity index (χ1n) is 8.77. The van der Waals surface area contributed by atoms with Crippen LogP contribution in [0.15, 0.2) is 30.3 Å². The van der Waals surface area contributed by atoms with Crippen molar-refractivity contribution in [3.8, 4) is 0 Å². The summed E-state index contributed by atoms with van der Waals surface area (Å²) in [6.45, 7) is 3.28. The van der Waals surface area contributed by atoms with Crippen molar-refractivity contribution >= 4 is 17.8 Å². The predicted octanol–water partition coefficient (Wildman–Crippen LogP) is 2.18. The van der Waals surface area contributed by atoms with Crippen LogP contribution in [0.3, 0.4) is 0 Å². The van der Waals surface area contributed by atoms with E-state index in [2.05, 4.69) is 5.32 Å². The summed E-state index contributed by atoms with van der Waals surface area (Å²) in [7, 11) is 0. The minimum Gasteiger partial charge on any atom is -0.480 e. The maximum absolute atomic E-state index is 12.8. The lowest BCUT2D eigenvalue weighted by Gasteiger charge is -2.30. The van der Waals surface area contributed by atoms with Gasteiger partial charge in [-0.1, -0.05) is 43.2 Å². The zero-order valence-corrected chi connectivity index (χ0v) is 14.8. The third-order valence-corrected chi connectivity index (χ3v) is 4.76. The van der Waals surface area contributed by atoms with Crippen molar-refractivity contribution in [2.24, 2.45) is 5.92 Å². The molecule has 1 aromatic rings. The molecule has 2 amide bonds. The normalized spacial score (nSPS) is 16.9. The molecule has 25 heavy (non-hydrogen) atoms. The van der Waals surface area contributed by atoms with Crippen LogP contribution in [0.1, 0.15) is 45.1 Å². The van der Waals surface area contributed by atoms with Gasteiger partial charge in [-0.25, -0.2) is 4.79 Å². The van der Waals surface area contributed by atoms with Gasteiger partial charge in [0.05, 0.1) is 0 Å². The molecule has 2 atom stereocenters. The van der Waals surface area contributed by atoms with Crippen LogP contribution in [0.4, 0.5) is 0 Å². The van der Waals surface area contributed by atoms with Crippen molar-refractivity contribution < 1.29 is 19.5 Å². The Morgan fingerprint density at radius 3 is 2.32 bits per heavy atom. The average molecular weight is 346 g/mol. The largest absolute Gasteiger partial charge is 0.480 e. The average Bonchev–Trinajstić information content (AvgIpc) is 3.14. The van der Waals surface area contributed by atoms with Crippen molar-refractivity contribution in [2.45, 2.75) is 58.2 Å². The van der Waals surface area contributed by atoms with E-state index in [1.54, 1.807) is 6.92 Å². The Hall–Kier alpha value is -2.37. The lowest BCUT2D eigenvalue weighted by Crippen LogP contribution is -2.52. The zero-order valence-electron chi connectivity index (χ0n) is 14.8. The van der Waals surface area contributed by atoms with E-state index in [9.17, 15) is 19.5 Å². The molecule has 0 radical (unpaired) electrons. The van der Waals surface area contributed by atoms with Crippen LogP contribution < -0.4 is 5.32 Å². The Balaban J connectivity index is 2.07. The molecule has 0 bridgehead atoms. The fraction of sp³-hybridized carbons (Fsp3) is 0.526. The second kappa shape index (κ2) is 8.65. The summed E-state index contributed by atoms with van der Waals surface area (Å²) in [5.41, 5.74) is 0.846. The Morgan fingerprint density at radius 1 is 1.16 bits per heavy atom. The predicted molar refractivity (Wildman–Crippen MR) is 93.7 cm³/mol. The molecular formula is C19H26N2O4. The van der Waals surface area contributed by atoms with Crippen LogP contribution in [-0.2, 0) is 20.9 Å². The van der Waals surface area contributed by atoms with Gasteiger partial charge < -0.3 is 15.3 Å². The Labute approximate surface area is 148 Å².